The van der Waals surface area contributed by atoms with Crippen LogP contribution in [-0.2, 0) is 43.6 Å². The molecule has 22 heteroatoms. The highest BCUT2D eigenvalue weighted by atomic mass is 35.5. The van der Waals surface area contributed by atoms with Crippen LogP contribution in [0.5, 0.6) is 0 Å². The molecule has 0 aromatic heterocycles. The van der Waals surface area contributed by atoms with Crippen LogP contribution in [0.1, 0.15) is 69.2 Å². The number of carboxylic acids is 1. The van der Waals surface area contributed by atoms with E-state index in [9.17, 15) is 24.0 Å². The number of likely N-dealkylation sites (N-methyl/N-ethyl adjacent to an activating group) is 1. The average Bonchev–Trinajstić information content (AvgIpc) is 4.15. The number of amides is 2. The van der Waals surface area contributed by atoms with Gasteiger partial charge in [-0.1, -0.05) is 65.4 Å². The number of carboxylic acid groups (broad SMARTS) is 1. The molecule has 1 unspecified atom stereocenters. The Morgan fingerprint density at radius 3 is 1.92 bits per heavy atom. The number of carbonyl (C=O) groups excluding carboxylic acids is 4. The van der Waals surface area contributed by atoms with Crippen molar-refractivity contribution >= 4 is 64.4 Å². The molecule has 2 amide bonds. The number of benzene rings is 4. The lowest BCUT2D eigenvalue weighted by molar-refractivity contribution is -0.139. The summed E-state index contributed by atoms with van der Waals surface area (Å²) in [6, 6.07) is 31.0. The van der Waals surface area contributed by atoms with Gasteiger partial charge < -0.3 is 57.8 Å². The molecule has 2 aliphatic rings. The minimum Gasteiger partial charge on any atom is -0.480 e. The Balaban J connectivity index is 0.000000281. The zero-order chi connectivity index (χ0) is 55.7. The fourth-order valence-electron chi connectivity index (χ4n) is 7.77. The Morgan fingerprint density at radius 2 is 1.44 bits per heavy atom. The van der Waals surface area contributed by atoms with Crippen LogP contribution >= 0.6 is 11.6 Å². The number of aliphatic carboxylic acids is 1. The first-order valence-corrected chi connectivity index (χ1v) is 24.3. The van der Waals surface area contributed by atoms with E-state index < -0.39 is 23.8 Å². The van der Waals surface area contributed by atoms with Gasteiger partial charge in [0.1, 0.15) is 18.2 Å². The molecule has 0 spiro atoms. The summed E-state index contributed by atoms with van der Waals surface area (Å²) < 4.78 is 15.8. The van der Waals surface area contributed by atoms with E-state index in [1.54, 1.807) is 86.6 Å². The Hall–Kier alpha value is -7.98. The van der Waals surface area contributed by atoms with Crippen molar-refractivity contribution in [2.75, 3.05) is 65.1 Å². The van der Waals surface area contributed by atoms with Crippen LogP contribution in [0.3, 0.4) is 0 Å². The lowest BCUT2D eigenvalue weighted by Crippen LogP contribution is -2.40. The number of esters is 2. The van der Waals surface area contributed by atoms with Gasteiger partial charge in [0.05, 0.1) is 66.5 Å². The molecule has 4 aromatic rings. The predicted molar refractivity (Wildman–Crippen MR) is 288 cm³/mol. The molecule has 6 rings (SSSR count). The lowest BCUT2D eigenvalue weighted by Gasteiger charge is -2.31. The second-order valence-electron chi connectivity index (χ2n) is 16.6. The van der Waals surface area contributed by atoms with E-state index in [1.807, 2.05) is 36.9 Å². The van der Waals surface area contributed by atoms with Gasteiger partial charge in [0.2, 0.25) is 11.8 Å². The van der Waals surface area contributed by atoms with E-state index >= 15 is 0 Å². The molecule has 1 saturated carbocycles. The van der Waals surface area contributed by atoms with Gasteiger partial charge in [-0.3, -0.25) is 30.6 Å². The van der Waals surface area contributed by atoms with Crippen molar-refractivity contribution in [3.05, 3.63) is 153 Å². The first-order valence-electron chi connectivity index (χ1n) is 23.9. The summed E-state index contributed by atoms with van der Waals surface area (Å²) in [5, 5.41) is 36.0. The second-order valence-corrected chi connectivity index (χ2v) is 17.0. The topological polar surface area (TPSA) is 349 Å². The number of halogens is 1. The third kappa shape index (κ3) is 17.9. The predicted octanol–water partition coefficient (Wildman–Crippen LogP) is 5.61. The summed E-state index contributed by atoms with van der Waals surface area (Å²) in [5.74, 6) is -2.64. The molecule has 1 fully saturated rings. The molecule has 1 heterocycles. The number of allylic oxidation sites excluding steroid dienone is 1. The molecule has 0 saturated heterocycles. The van der Waals surface area contributed by atoms with Crippen LogP contribution in [0, 0.1) is 16.7 Å². The quantitative estimate of drug-likeness (QED) is 0.0128. The Kier molecular flexibility index (Phi) is 25.3. The number of nitrogens with zero attached hydrogens (tertiary/aromatic N) is 3. The number of carbonyl (C=O) groups is 5. The zero-order valence-electron chi connectivity index (χ0n) is 43.1. The Bertz CT molecular complexity index is 2670. The molecule has 0 radical (unpaired) electrons. The van der Waals surface area contributed by atoms with E-state index in [1.165, 1.54) is 14.0 Å². The van der Waals surface area contributed by atoms with Crippen molar-refractivity contribution < 1.29 is 43.3 Å². The van der Waals surface area contributed by atoms with Crippen LogP contribution in [0.25, 0.3) is 0 Å². The Labute approximate surface area is 442 Å². The number of anilines is 1. The molecule has 14 N–H and O–H groups in total. The molecule has 21 nitrogen and oxygen atoms in total. The van der Waals surface area contributed by atoms with Crippen molar-refractivity contribution in [1.82, 2.24) is 15.5 Å². The smallest absolute Gasteiger partial charge is 0.336 e. The van der Waals surface area contributed by atoms with Gasteiger partial charge in [0, 0.05) is 48.4 Å². The fourth-order valence-corrected chi connectivity index (χ4v) is 8.02. The number of hydrogen-bond acceptors (Lipinski definition) is 15. The second kappa shape index (κ2) is 30.9. The maximum atomic E-state index is 12.9. The molecule has 3 atom stereocenters. The maximum absolute atomic E-state index is 12.9. The zero-order valence-corrected chi connectivity index (χ0v) is 43.8. The van der Waals surface area contributed by atoms with Gasteiger partial charge in [-0.2, -0.15) is 0 Å². The summed E-state index contributed by atoms with van der Waals surface area (Å²) in [7, 11) is 1.29. The molecule has 1 aliphatic heterocycles. The van der Waals surface area contributed by atoms with E-state index in [-0.39, 0.29) is 54.2 Å². The van der Waals surface area contributed by atoms with Crippen molar-refractivity contribution in [3.8, 4) is 0 Å². The summed E-state index contributed by atoms with van der Waals surface area (Å²) >= 11 is 6.42. The summed E-state index contributed by atoms with van der Waals surface area (Å²) in [4.78, 5) is 59.8. The number of nitrogens with one attached hydrogen (secondary N) is 5. The van der Waals surface area contributed by atoms with Gasteiger partial charge in [-0.15, -0.1) is 5.11 Å². The largest absolute Gasteiger partial charge is 0.480 e. The molecule has 4 aromatic carbocycles. The van der Waals surface area contributed by atoms with Gasteiger partial charge >= 0.3 is 17.9 Å². The molecule has 0 bridgehead atoms. The third-order valence-corrected chi connectivity index (χ3v) is 11.9. The van der Waals surface area contributed by atoms with E-state index in [2.05, 4.69) is 38.5 Å². The molecule has 402 valence electrons. The number of methoxy groups -OCH3 is 1. The SMILES string of the molecule is CC(=O)NCC(=O)O.CCN(CC)C(=O)[C@]1(c2ccccc2)C[C@@H]1CN.CCOC(=O)C1=C(COCCN)NC(C)=C(C(=O)OC)C1c1ccccc1Cl.N=C(N)c1ccc(N=NNc2ccc(C(=N)N)cc2)cc1. The maximum Gasteiger partial charge on any atom is 0.336 e. The minimum atomic E-state index is -1.03. The van der Waals surface area contributed by atoms with Crippen LogP contribution in [0.15, 0.2) is 136 Å². The van der Waals surface area contributed by atoms with E-state index in [4.69, 9.17) is 64.7 Å². The summed E-state index contributed by atoms with van der Waals surface area (Å²) in [6.45, 7) is 11.6. The first-order chi connectivity index (χ1) is 35.8. The van der Waals surface area contributed by atoms with Gasteiger partial charge in [0.15, 0.2) is 0 Å². The number of hydrogen-bond donors (Lipinski definition) is 10. The third-order valence-electron chi connectivity index (χ3n) is 11.6. The lowest BCUT2D eigenvalue weighted by atomic mass is 9.80. The summed E-state index contributed by atoms with van der Waals surface area (Å²) in [6.07, 6.45) is 0.892. The normalized spacial score (nSPS) is 16.2. The Morgan fingerprint density at radius 1 is 0.853 bits per heavy atom. The highest BCUT2D eigenvalue weighted by Crippen LogP contribution is 2.55. The monoisotopic (exact) mass is 1050 g/mol. The highest BCUT2D eigenvalue weighted by Gasteiger charge is 2.61. The molecule has 1 aliphatic carbocycles. The van der Waals surface area contributed by atoms with Gasteiger partial charge in [-0.25, -0.2) is 9.59 Å². The van der Waals surface area contributed by atoms with Crippen molar-refractivity contribution in [1.29, 1.82) is 10.8 Å². The van der Waals surface area contributed by atoms with Crippen LogP contribution in [0.2, 0.25) is 5.02 Å². The number of amidine groups is 2. The fraction of sp³-hybridized carbons (Fsp3) is 0.340. The number of dihydropyridines is 1. The molecule has 75 heavy (non-hydrogen) atoms. The first kappa shape index (κ1) is 61.3. The van der Waals surface area contributed by atoms with Crippen LogP contribution in [0.4, 0.5) is 11.4 Å². The minimum absolute atomic E-state index is 0.0159. The van der Waals surface area contributed by atoms with Crippen molar-refractivity contribution in [2.45, 2.75) is 52.4 Å². The number of nitrogen functional groups attached to an aromatic ring is 2. The van der Waals surface area contributed by atoms with Crippen molar-refractivity contribution in [2.24, 2.45) is 39.2 Å². The van der Waals surface area contributed by atoms with Crippen LogP contribution in [-0.4, -0.2) is 111 Å². The molecular formula is C53H69ClN12O9. The number of rotatable bonds is 20. The number of ether oxygens (including phenoxy) is 3. The van der Waals surface area contributed by atoms with Crippen LogP contribution < -0.4 is 39.0 Å². The van der Waals surface area contributed by atoms with Crippen molar-refractivity contribution in [3.63, 3.8) is 0 Å². The highest BCUT2D eigenvalue weighted by molar-refractivity contribution is 6.31. The van der Waals surface area contributed by atoms with E-state index in [0.717, 1.165) is 30.8 Å². The van der Waals surface area contributed by atoms with Gasteiger partial charge in [0.25, 0.3) is 0 Å². The standard InChI is InChI=1S/C20H25ClN2O5.C15H22N2O.C14H15N7.C4H7NO3/c1-4-28-20(25)18-15(11-27-10-9-22)23-12(2)16(19(24)26-3)17(18)13-7-5-6-8-14(13)21;1-3-17(4-2)14(18)15(10-13(15)11-16)12-8-6-5-7-9-12;15-13(16)9-1-5-11(6-2-9)19-21-20-12-7-3-10(4-8-12)14(17)18;1-3(6)5-2-4(7)8/h5-8,17,23H,4,9-11,22H2,1-3H3;5-9,13H,3-4,10-11,16H2,1-2H3;1-8H,(H3,15,16)(H3,17,18)(H,19,20);2H2,1H3,(H,5,6)(H,7,8)/t;13-,15+;;/m.1../s1. The van der Waals surface area contributed by atoms with Gasteiger partial charge in [-0.05, 0) is 112 Å². The summed E-state index contributed by atoms with van der Waals surface area (Å²) in [5.41, 5.74) is 30.5. The van der Waals surface area contributed by atoms with E-state index in [0.29, 0.717) is 70.0 Å². The number of nitrogens with two attached hydrogens (primary N) is 4. The molecular weight excluding hydrogens is 984 g/mol. The average molecular weight is 1050 g/mol.